The SMILES string of the molecule is CNCc1cc(OC2CCCC2)nc(C(C)(C)C)c1. The van der Waals surface area contributed by atoms with E-state index < -0.39 is 0 Å². The summed E-state index contributed by atoms with van der Waals surface area (Å²) < 4.78 is 6.06. The van der Waals surface area contributed by atoms with Gasteiger partial charge in [0, 0.05) is 18.0 Å². The molecule has 1 saturated carbocycles. The normalized spacial score (nSPS) is 16.8. The molecule has 0 atom stereocenters. The number of hydrogen-bond acceptors (Lipinski definition) is 3. The molecule has 0 saturated heterocycles. The summed E-state index contributed by atoms with van der Waals surface area (Å²) in [7, 11) is 1.97. The highest BCUT2D eigenvalue weighted by Crippen LogP contribution is 2.27. The van der Waals surface area contributed by atoms with Gasteiger partial charge in [-0.2, -0.15) is 0 Å². The maximum absolute atomic E-state index is 6.06. The lowest BCUT2D eigenvalue weighted by Gasteiger charge is -2.21. The summed E-state index contributed by atoms with van der Waals surface area (Å²) in [6, 6.07) is 4.25. The average molecular weight is 262 g/mol. The second kappa shape index (κ2) is 5.91. The highest BCUT2D eigenvalue weighted by Gasteiger charge is 2.20. The maximum Gasteiger partial charge on any atom is 0.214 e. The topological polar surface area (TPSA) is 34.1 Å². The molecule has 1 aliphatic carbocycles. The van der Waals surface area contributed by atoms with Crippen LogP contribution in [0.25, 0.3) is 0 Å². The molecule has 1 fully saturated rings. The zero-order valence-corrected chi connectivity index (χ0v) is 12.6. The largest absolute Gasteiger partial charge is 0.474 e. The monoisotopic (exact) mass is 262 g/mol. The van der Waals surface area contributed by atoms with Crippen molar-refractivity contribution in [1.82, 2.24) is 10.3 Å². The van der Waals surface area contributed by atoms with Crippen molar-refractivity contribution in [2.24, 2.45) is 0 Å². The number of nitrogens with one attached hydrogen (secondary N) is 1. The van der Waals surface area contributed by atoms with Crippen LogP contribution in [0, 0.1) is 0 Å². The van der Waals surface area contributed by atoms with Crippen molar-refractivity contribution < 1.29 is 4.74 Å². The number of aromatic nitrogens is 1. The minimum atomic E-state index is 0.0531. The molecular weight excluding hydrogens is 236 g/mol. The van der Waals surface area contributed by atoms with Crippen LogP contribution in [0.5, 0.6) is 5.88 Å². The Morgan fingerprint density at radius 1 is 1.26 bits per heavy atom. The zero-order chi connectivity index (χ0) is 13.9. The fraction of sp³-hybridized carbons (Fsp3) is 0.688. The van der Waals surface area contributed by atoms with Gasteiger partial charge in [0.25, 0.3) is 0 Å². The van der Waals surface area contributed by atoms with Gasteiger partial charge in [0.15, 0.2) is 0 Å². The summed E-state index contributed by atoms with van der Waals surface area (Å²) in [5, 5.41) is 3.20. The molecular formula is C16H26N2O. The van der Waals surface area contributed by atoms with Crippen LogP contribution in [0.1, 0.15) is 57.7 Å². The summed E-state index contributed by atoms with van der Waals surface area (Å²) >= 11 is 0. The van der Waals surface area contributed by atoms with Crippen LogP contribution in [-0.2, 0) is 12.0 Å². The molecule has 1 N–H and O–H groups in total. The van der Waals surface area contributed by atoms with Crippen LogP contribution in [0.3, 0.4) is 0 Å². The maximum atomic E-state index is 6.06. The second-order valence-corrected chi connectivity index (χ2v) is 6.50. The standard InChI is InChI=1S/C16H26N2O/c1-16(2,3)14-9-12(11-17-4)10-15(18-14)19-13-7-5-6-8-13/h9-10,13,17H,5-8,11H2,1-4H3. The third kappa shape index (κ3) is 3.93. The number of ether oxygens (including phenoxy) is 1. The molecule has 0 spiro atoms. The third-order valence-corrected chi connectivity index (χ3v) is 3.60. The van der Waals surface area contributed by atoms with Gasteiger partial charge in [-0.05, 0) is 44.4 Å². The van der Waals surface area contributed by atoms with E-state index in [0.29, 0.717) is 6.10 Å². The van der Waals surface area contributed by atoms with Crippen molar-refractivity contribution >= 4 is 0 Å². The average Bonchev–Trinajstić information content (AvgIpc) is 2.81. The molecule has 19 heavy (non-hydrogen) atoms. The molecule has 0 amide bonds. The predicted molar refractivity (Wildman–Crippen MR) is 78.6 cm³/mol. The van der Waals surface area contributed by atoms with Crippen molar-refractivity contribution in [3.8, 4) is 5.88 Å². The van der Waals surface area contributed by atoms with Crippen LogP contribution in [0.2, 0.25) is 0 Å². The van der Waals surface area contributed by atoms with Crippen molar-refractivity contribution in [3.05, 3.63) is 23.4 Å². The molecule has 3 nitrogen and oxygen atoms in total. The minimum Gasteiger partial charge on any atom is -0.474 e. The minimum absolute atomic E-state index is 0.0531. The highest BCUT2D eigenvalue weighted by atomic mass is 16.5. The first-order valence-electron chi connectivity index (χ1n) is 7.32. The zero-order valence-electron chi connectivity index (χ0n) is 12.6. The van der Waals surface area contributed by atoms with Gasteiger partial charge in [-0.1, -0.05) is 20.8 Å². The predicted octanol–water partition coefficient (Wildman–Crippen LogP) is 3.42. The van der Waals surface area contributed by atoms with E-state index in [1.165, 1.54) is 31.2 Å². The first kappa shape index (κ1) is 14.3. The van der Waals surface area contributed by atoms with E-state index in [2.05, 4.69) is 38.2 Å². The quantitative estimate of drug-likeness (QED) is 0.902. The van der Waals surface area contributed by atoms with Crippen LogP contribution in [0.4, 0.5) is 0 Å². The fourth-order valence-corrected chi connectivity index (χ4v) is 2.49. The Morgan fingerprint density at radius 3 is 2.53 bits per heavy atom. The molecule has 1 heterocycles. The molecule has 106 valence electrons. The van der Waals surface area contributed by atoms with E-state index in [4.69, 9.17) is 9.72 Å². The molecule has 0 bridgehead atoms. The van der Waals surface area contributed by atoms with Crippen LogP contribution < -0.4 is 10.1 Å². The van der Waals surface area contributed by atoms with Gasteiger partial charge in [-0.25, -0.2) is 4.98 Å². The summed E-state index contributed by atoms with van der Waals surface area (Å²) in [6.45, 7) is 7.43. The van der Waals surface area contributed by atoms with Gasteiger partial charge in [0.05, 0.1) is 5.69 Å². The summed E-state index contributed by atoms with van der Waals surface area (Å²) in [4.78, 5) is 4.70. The molecule has 3 heteroatoms. The van der Waals surface area contributed by atoms with Gasteiger partial charge in [-0.15, -0.1) is 0 Å². The third-order valence-electron chi connectivity index (χ3n) is 3.60. The van der Waals surface area contributed by atoms with Gasteiger partial charge in [-0.3, -0.25) is 0 Å². The van der Waals surface area contributed by atoms with E-state index in [1.54, 1.807) is 0 Å². The van der Waals surface area contributed by atoms with E-state index in [1.807, 2.05) is 7.05 Å². The number of rotatable bonds is 4. The fourth-order valence-electron chi connectivity index (χ4n) is 2.49. The Hall–Kier alpha value is -1.09. The van der Waals surface area contributed by atoms with E-state index in [9.17, 15) is 0 Å². The number of nitrogens with zero attached hydrogens (tertiary/aromatic N) is 1. The molecule has 1 aromatic rings. The van der Waals surface area contributed by atoms with Gasteiger partial charge in [0.1, 0.15) is 6.10 Å². The lowest BCUT2D eigenvalue weighted by atomic mass is 9.91. The van der Waals surface area contributed by atoms with Crippen LogP contribution in [-0.4, -0.2) is 18.1 Å². The Labute approximate surface area is 116 Å². The van der Waals surface area contributed by atoms with Crippen LogP contribution >= 0.6 is 0 Å². The van der Waals surface area contributed by atoms with Gasteiger partial charge >= 0.3 is 0 Å². The molecule has 2 rings (SSSR count). The van der Waals surface area contributed by atoms with Crippen LogP contribution in [0.15, 0.2) is 12.1 Å². The lowest BCUT2D eigenvalue weighted by molar-refractivity contribution is 0.200. The summed E-state index contributed by atoms with van der Waals surface area (Å²) in [5.74, 6) is 0.796. The molecule has 0 aliphatic heterocycles. The molecule has 0 aromatic carbocycles. The number of pyridine rings is 1. The van der Waals surface area contributed by atoms with Crippen molar-refractivity contribution in [3.63, 3.8) is 0 Å². The Kier molecular flexibility index (Phi) is 4.46. The molecule has 1 aromatic heterocycles. The molecule has 0 unspecified atom stereocenters. The smallest absolute Gasteiger partial charge is 0.214 e. The first-order chi connectivity index (χ1) is 8.99. The first-order valence-corrected chi connectivity index (χ1v) is 7.32. The summed E-state index contributed by atoms with van der Waals surface area (Å²) in [6.07, 6.45) is 5.27. The molecule has 0 radical (unpaired) electrons. The Balaban J connectivity index is 2.22. The Bertz CT molecular complexity index is 417. The van der Waals surface area contributed by atoms with Crippen molar-refractivity contribution in [2.75, 3.05) is 7.05 Å². The number of hydrogen-bond donors (Lipinski definition) is 1. The summed E-state index contributed by atoms with van der Waals surface area (Å²) in [5.41, 5.74) is 2.40. The van der Waals surface area contributed by atoms with E-state index >= 15 is 0 Å². The van der Waals surface area contributed by atoms with Gasteiger partial charge in [0.2, 0.25) is 5.88 Å². The lowest BCUT2D eigenvalue weighted by Crippen LogP contribution is -2.18. The Morgan fingerprint density at radius 2 is 1.95 bits per heavy atom. The van der Waals surface area contributed by atoms with Crippen molar-refractivity contribution in [1.29, 1.82) is 0 Å². The second-order valence-electron chi connectivity index (χ2n) is 6.50. The van der Waals surface area contributed by atoms with Gasteiger partial charge < -0.3 is 10.1 Å². The highest BCUT2D eigenvalue weighted by molar-refractivity contribution is 5.28. The van der Waals surface area contributed by atoms with E-state index in [0.717, 1.165) is 18.1 Å². The molecule has 1 aliphatic rings. The van der Waals surface area contributed by atoms with Crippen molar-refractivity contribution in [2.45, 2.75) is 64.5 Å². The van der Waals surface area contributed by atoms with E-state index in [-0.39, 0.29) is 5.41 Å².